The Morgan fingerprint density at radius 3 is 2.28 bits per heavy atom. The summed E-state index contributed by atoms with van der Waals surface area (Å²) in [5.41, 5.74) is 5.92. The van der Waals surface area contributed by atoms with Gasteiger partial charge in [-0.05, 0) is 72.9 Å². The van der Waals surface area contributed by atoms with Crippen LogP contribution in [0.3, 0.4) is 0 Å². The first-order valence-electron chi connectivity index (χ1n) is 14.7. The highest BCUT2D eigenvalue weighted by molar-refractivity contribution is 5.99. The minimum Gasteiger partial charge on any atom is -0.508 e. The number of nitrogens with one attached hydrogen (secondary N) is 2. The van der Waals surface area contributed by atoms with E-state index < -0.39 is 6.10 Å². The summed E-state index contributed by atoms with van der Waals surface area (Å²) >= 11 is 0. The monoisotopic (exact) mass is 577 g/mol. The molecule has 0 saturated heterocycles. The Hall–Kier alpha value is -4.43. The lowest BCUT2D eigenvalue weighted by Gasteiger charge is -2.18. The van der Waals surface area contributed by atoms with E-state index in [1.807, 2.05) is 61.5 Å². The summed E-state index contributed by atoms with van der Waals surface area (Å²) in [5.74, 6) is -0.105. The number of fused-ring (bicyclic) bond motifs is 1. The van der Waals surface area contributed by atoms with E-state index >= 15 is 0 Å². The van der Waals surface area contributed by atoms with Crippen LogP contribution in [0.2, 0.25) is 0 Å². The molecule has 7 nitrogen and oxygen atoms in total. The van der Waals surface area contributed by atoms with Crippen molar-refractivity contribution >= 4 is 16.8 Å². The highest BCUT2D eigenvalue weighted by atomic mass is 16.3. The van der Waals surface area contributed by atoms with E-state index in [2.05, 4.69) is 52.5 Å². The smallest absolute Gasteiger partial charge is 0.268 e. The topological polar surface area (TPSA) is 107 Å². The fraction of sp³-hybridized carbons (Fsp3) is 0.250. The summed E-state index contributed by atoms with van der Waals surface area (Å²) in [6.45, 7) is 4.68. The fourth-order valence-corrected chi connectivity index (χ4v) is 5.46. The van der Waals surface area contributed by atoms with E-state index in [1.54, 1.807) is 12.1 Å². The summed E-state index contributed by atoms with van der Waals surface area (Å²) in [6, 6.07) is 33.1. The fourth-order valence-electron chi connectivity index (χ4n) is 5.46. The molecule has 5 rings (SSSR count). The van der Waals surface area contributed by atoms with Gasteiger partial charge in [-0.2, -0.15) is 0 Å². The highest BCUT2D eigenvalue weighted by Gasteiger charge is 2.19. The largest absolute Gasteiger partial charge is 0.508 e. The molecule has 5 N–H and O–H groups in total. The van der Waals surface area contributed by atoms with Crippen LogP contribution in [0.4, 0.5) is 0 Å². The van der Waals surface area contributed by atoms with Gasteiger partial charge >= 0.3 is 0 Å². The third kappa shape index (κ3) is 7.32. The second-order valence-corrected chi connectivity index (χ2v) is 11.2. The molecule has 7 heteroatoms. The molecular weight excluding hydrogens is 538 g/mol. The molecule has 5 aromatic rings. The molecule has 3 unspecified atom stereocenters. The molecule has 1 heterocycles. The van der Waals surface area contributed by atoms with E-state index in [0.29, 0.717) is 29.9 Å². The van der Waals surface area contributed by atoms with E-state index in [-0.39, 0.29) is 30.3 Å². The van der Waals surface area contributed by atoms with Gasteiger partial charge in [0.15, 0.2) is 0 Å². The van der Waals surface area contributed by atoms with E-state index in [1.165, 1.54) is 6.07 Å². The van der Waals surface area contributed by atoms with Crippen molar-refractivity contribution in [2.24, 2.45) is 0 Å². The lowest BCUT2D eigenvalue weighted by Crippen LogP contribution is -2.32. The Morgan fingerprint density at radius 1 is 0.837 bits per heavy atom. The first-order valence-corrected chi connectivity index (χ1v) is 14.7. The number of carbonyl (C=O) groups excluding carboxylic acids is 1. The predicted octanol–water partition coefficient (Wildman–Crippen LogP) is 5.63. The molecule has 1 amide bonds. The summed E-state index contributed by atoms with van der Waals surface area (Å²) < 4.78 is 2.08. The van der Waals surface area contributed by atoms with Crippen molar-refractivity contribution in [1.82, 2.24) is 15.2 Å². The molecule has 0 radical (unpaired) electrons. The Morgan fingerprint density at radius 2 is 1.56 bits per heavy atom. The molecule has 0 bridgehead atoms. The number of benzene rings is 4. The standard InChI is InChI=1S/C36H39N3O4/c1-24(37-21-35(42)29-14-16-34(41)31(19-29)23-40)17-27-13-15-32-30(18-27)20-33(39(32)22-26-9-5-3-6-10-26)36(43)38-25(2)28-11-7-4-8-12-28/h3-16,18-20,24-25,35,37,40-42H,17,21-23H2,1-2H3,(H,38,43). The number of aliphatic hydroxyl groups is 2. The van der Waals surface area contributed by atoms with Gasteiger partial charge in [-0.25, -0.2) is 0 Å². The van der Waals surface area contributed by atoms with Crippen LogP contribution >= 0.6 is 0 Å². The average Bonchev–Trinajstić information content (AvgIpc) is 3.38. The molecule has 4 aromatic carbocycles. The maximum absolute atomic E-state index is 13.6. The molecule has 3 atom stereocenters. The van der Waals surface area contributed by atoms with Crippen LogP contribution in [0.15, 0.2) is 103 Å². The number of amides is 1. The van der Waals surface area contributed by atoms with Crippen molar-refractivity contribution in [2.45, 2.75) is 51.6 Å². The van der Waals surface area contributed by atoms with E-state index in [0.717, 1.165) is 34.0 Å². The summed E-state index contributed by atoms with van der Waals surface area (Å²) in [5, 5.41) is 37.4. The van der Waals surface area contributed by atoms with Crippen molar-refractivity contribution in [3.8, 4) is 5.75 Å². The third-order valence-corrected chi connectivity index (χ3v) is 7.89. The zero-order chi connectivity index (χ0) is 30.3. The lowest BCUT2D eigenvalue weighted by atomic mass is 10.0. The molecule has 0 fully saturated rings. The van der Waals surface area contributed by atoms with Crippen LogP contribution in [0.5, 0.6) is 5.75 Å². The molecule has 222 valence electrons. The number of hydrogen-bond acceptors (Lipinski definition) is 5. The van der Waals surface area contributed by atoms with Crippen LogP contribution < -0.4 is 10.6 Å². The quantitative estimate of drug-likeness (QED) is 0.132. The van der Waals surface area contributed by atoms with E-state index in [4.69, 9.17) is 0 Å². The Kier molecular flexibility index (Phi) is 9.57. The molecule has 1 aromatic heterocycles. The van der Waals surface area contributed by atoms with Gasteiger partial charge < -0.3 is 30.5 Å². The molecule has 0 saturated carbocycles. The SMILES string of the molecule is CC(Cc1ccc2c(c1)cc(C(=O)NC(C)c1ccccc1)n2Cc1ccccc1)NCC(O)c1ccc(O)c(CO)c1. The van der Waals surface area contributed by atoms with Gasteiger partial charge in [-0.1, -0.05) is 72.8 Å². The van der Waals surface area contributed by atoms with Crippen molar-refractivity contribution in [3.05, 3.63) is 137 Å². The Bertz CT molecular complexity index is 1670. The summed E-state index contributed by atoms with van der Waals surface area (Å²) in [7, 11) is 0. The second-order valence-electron chi connectivity index (χ2n) is 11.2. The zero-order valence-corrected chi connectivity index (χ0v) is 24.6. The lowest BCUT2D eigenvalue weighted by molar-refractivity contribution is 0.0931. The van der Waals surface area contributed by atoms with Gasteiger partial charge in [0.05, 0.1) is 18.8 Å². The average molecular weight is 578 g/mol. The number of phenols is 1. The zero-order valence-electron chi connectivity index (χ0n) is 24.6. The predicted molar refractivity (Wildman–Crippen MR) is 170 cm³/mol. The minimum absolute atomic E-state index is 0.0131. The van der Waals surface area contributed by atoms with Gasteiger partial charge in [0.2, 0.25) is 0 Å². The molecule has 0 aliphatic carbocycles. The van der Waals surface area contributed by atoms with Crippen LogP contribution in [-0.4, -0.2) is 38.4 Å². The number of aliphatic hydroxyl groups excluding tert-OH is 2. The van der Waals surface area contributed by atoms with Crippen LogP contribution in [0, 0.1) is 0 Å². The second kappa shape index (κ2) is 13.7. The molecule has 43 heavy (non-hydrogen) atoms. The number of aromatic hydroxyl groups is 1. The van der Waals surface area contributed by atoms with Crippen molar-refractivity contribution in [3.63, 3.8) is 0 Å². The maximum atomic E-state index is 13.6. The Balaban J connectivity index is 1.32. The highest BCUT2D eigenvalue weighted by Crippen LogP contribution is 2.25. The third-order valence-electron chi connectivity index (χ3n) is 7.89. The van der Waals surface area contributed by atoms with Gasteiger partial charge in [0, 0.05) is 35.6 Å². The van der Waals surface area contributed by atoms with Gasteiger partial charge in [0.25, 0.3) is 5.91 Å². The van der Waals surface area contributed by atoms with E-state index in [9.17, 15) is 20.1 Å². The summed E-state index contributed by atoms with van der Waals surface area (Å²) in [6.07, 6.45) is -0.0430. The molecule has 0 aliphatic rings. The number of hydrogen-bond donors (Lipinski definition) is 5. The number of rotatable bonds is 12. The summed E-state index contributed by atoms with van der Waals surface area (Å²) in [4.78, 5) is 13.6. The molecule has 0 aliphatic heterocycles. The van der Waals surface area contributed by atoms with Crippen LogP contribution in [-0.2, 0) is 19.6 Å². The normalized spacial score (nSPS) is 13.5. The maximum Gasteiger partial charge on any atom is 0.268 e. The first-order chi connectivity index (χ1) is 20.8. The van der Waals surface area contributed by atoms with Crippen LogP contribution in [0.25, 0.3) is 10.9 Å². The minimum atomic E-state index is -0.776. The van der Waals surface area contributed by atoms with Crippen molar-refractivity contribution in [1.29, 1.82) is 0 Å². The number of nitrogens with zero attached hydrogens (tertiary/aromatic N) is 1. The number of aromatic nitrogens is 1. The first kappa shape index (κ1) is 30.0. The van der Waals surface area contributed by atoms with Gasteiger partial charge in [-0.3, -0.25) is 4.79 Å². The van der Waals surface area contributed by atoms with Gasteiger partial charge in [0.1, 0.15) is 11.4 Å². The van der Waals surface area contributed by atoms with Crippen molar-refractivity contribution < 1.29 is 20.1 Å². The Labute approximate surface area is 252 Å². The van der Waals surface area contributed by atoms with Crippen molar-refractivity contribution in [2.75, 3.05) is 6.54 Å². The number of carbonyl (C=O) groups is 1. The van der Waals surface area contributed by atoms with Gasteiger partial charge in [-0.15, -0.1) is 0 Å². The molecular formula is C36H39N3O4. The molecule has 0 spiro atoms. The van der Waals surface area contributed by atoms with Crippen LogP contribution in [0.1, 0.15) is 64.3 Å².